The maximum absolute atomic E-state index is 5.33. The summed E-state index contributed by atoms with van der Waals surface area (Å²) in [5, 5.41) is 9.70. The smallest absolute Gasteiger partial charge is 0.191 e. The van der Waals surface area contributed by atoms with Crippen LogP contribution in [-0.4, -0.2) is 38.7 Å². The van der Waals surface area contributed by atoms with E-state index in [-0.39, 0.29) is 6.10 Å². The zero-order chi connectivity index (χ0) is 16.8. The van der Waals surface area contributed by atoms with Crippen molar-refractivity contribution in [3.05, 3.63) is 60.4 Å². The molecule has 0 saturated heterocycles. The Bertz CT molecular complexity index is 761. The molecule has 3 rings (SSSR count). The molecule has 6 heteroatoms. The maximum Gasteiger partial charge on any atom is 0.191 e. The van der Waals surface area contributed by atoms with E-state index in [1.807, 2.05) is 30.3 Å². The van der Waals surface area contributed by atoms with E-state index in [9.17, 15) is 0 Å². The number of rotatable bonds is 7. The third kappa shape index (κ3) is 4.01. The first-order valence-corrected chi connectivity index (χ1v) is 8.79. The van der Waals surface area contributed by atoms with Crippen LogP contribution in [0.3, 0.4) is 0 Å². The van der Waals surface area contributed by atoms with Crippen molar-refractivity contribution in [1.29, 1.82) is 0 Å². The zero-order valence-corrected chi connectivity index (χ0v) is 14.6. The highest BCUT2D eigenvalue weighted by molar-refractivity contribution is 7.99. The van der Waals surface area contributed by atoms with Gasteiger partial charge in [0, 0.05) is 30.8 Å². The van der Waals surface area contributed by atoms with Gasteiger partial charge in [0.05, 0.1) is 12.6 Å². The second-order valence-corrected chi connectivity index (χ2v) is 6.46. The summed E-state index contributed by atoms with van der Waals surface area (Å²) in [6.45, 7) is 2.78. The third-order valence-corrected chi connectivity index (χ3v) is 4.88. The summed E-state index contributed by atoms with van der Waals surface area (Å²) in [5.74, 6) is 1.69. The van der Waals surface area contributed by atoms with Gasteiger partial charge in [-0.25, -0.2) is 0 Å². The maximum atomic E-state index is 5.33. The van der Waals surface area contributed by atoms with E-state index in [1.54, 1.807) is 31.3 Å². The molecule has 1 unspecified atom stereocenters. The lowest BCUT2D eigenvalue weighted by molar-refractivity contribution is 0.137. The molecule has 0 fully saturated rings. The number of methoxy groups -OCH3 is 1. The number of nitrogens with zero attached hydrogens (tertiary/aromatic N) is 4. The number of pyridine rings is 1. The third-order valence-electron chi connectivity index (χ3n) is 3.69. The first-order valence-electron chi connectivity index (χ1n) is 7.81. The van der Waals surface area contributed by atoms with E-state index in [0.29, 0.717) is 0 Å². The monoisotopic (exact) mass is 340 g/mol. The van der Waals surface area contributed by atoms with Gasteiger partial charge < -0.3 is 4.74 Å². The Balaban J connectivity index is 1.92. The van der Waals surface area contributed by atoms with Crippen molar-refractivity contribution in [3.63, 3.8) is 0 Å². The summed E-state index contributed by atoms with van der Waals surface area (Å²) in [7, 11) is 1.72. The van der Waals surface area contributed by atoms with Crippen molar-refractivity contribution in [1.82, 2.24) is 19.7 Å². The molecular weight excluding hydrogens is 320 g/mol. The minimum atomic E-state index is 0.168. The second-order valence-electron chi connectivity index (χ2n) is 5.47. The number of aromatic nitrogens is 4. The molecule has 0 N–H and O–H groups in total. The largest absolute Gasteiger partial charge is 0.381 e. The number of ether oxygens (including phenoxy) is 1. The second kappa shape index (κ2) is 8.08. The molecule has 0 saturated carbocycles. The van der Waals surface area contributed by atoms with Crippen LogP contribution in [0.5, 0.6) is 0 Å². The molecule has 5 nitrogen and oxygen atoms in total. The molecule has 1 aromatic carbocycles. The van der Waals surface area contributed by atoms with Crippen molar-refractivity contribution in [2.24, 2.45) is 0 Å². The Morgan fingerprint density at radius 1 is 1.08 bits per heavy atom. The Morgan fingerprint density at radius 3 is 2.54 bits per heavy atom. The quantitative estimate of drug-likeness (QED) is 0.616. The van der Waals surface area contributed by atoms with Gasteiger partial charge in [-0.1, -0.05) is 42.1 Å². The van der Waals surface area contributed by atoms with E-state index in [0.717, 1.165) is 28.8 Å². The summed E-state index contributed by atoms with van der Waals surface area (Å²) in [6, 6.07) is 14.3. The van der Waals surface area contributed by atoms with Gasteiger partial charge >= 0.3 is 0 Å². The fourth-order valence-electron chi connectivity index (χ4n) is 2.28. The van der Waals surface area contributed by atoms with Gasteiger partial charge in [-0.15, -0.1) is 10.2 Å². The molecule has 0 aliphatic carbocycles. The standard InChI is InChI=1S/C18H20N4OS/c1-14(23-2)13-24-18-21-20-17(16-8-10-19-11-9-16)22(18)12-15-6-4-3-5-7-15/h3-11,14H,12-13H2,1-2H3. The summed E-state index contributed by atoms with van der Waals surface area (Å²) in [6.07, 6.45) is 3.72. The number of thioether (sulfide) groups is 1. The molecule has 0 amide bonds. The van der Waals surface area contributed by atoms with Crippen LogP contribution in [0.2, 0.25) is 0 Å². The van der Waals surface area contributed by atoms with Crippen LogP contribution in [-0.2, 0) is 11.3 Å². The average molecular weight is 340 g/mol. The van der Waals surface area contributed by atoms with Gasteiger partial charge in [-0.05, 0) is 24.6 Å². The number of hydrogen-bond acceptors (Lipinski definition) is 5. The van der Waals surface area contributed by atoms with E-state index in [1.165, 1.54) is 5.56 Å². The first-order chi connectivity index (χ1) is 11.8. The predicted molar refractivity (Wildman–Crippen MR) is 96.0 cm³/mol. The molecule has 0 spiro atoms. The van der Waals surface area contributed by atoms with Crippen molar-refractivity contribution in [2.75, 3.05) is 12.9 Å². The van der Waals surface area contributed by atoms with Crippen molar-refractivity contribution in [2.45, 2.75) is 24.7 Å². The van der Waals surface area contributed by atoms with Crippen LogP contribution < -0.4 is 0 Å². The van der Waals surface area contributed by atoms with E-state index in [2.05, 4.69) is 38.8 Å². The summed E-state index contributed by atoms with van der Waals surface area (Å²) < 4.78 is 7.49. The fraction of sp³-hybridized carbons (Fsp3) is 0.278. The van der Waals surface area contributed by atoms with E-state index in [4.69, 9.17) is 4.74 Å². The zero-order valence-electron chi connectivity index (χ0n) is 13.8. The van der Waals surface area contributed by atoms with E-state index < -0.39 is 0 Å². The molecule has 0 aliphatic heterocycles. The molecule has 2 heterocycles. The lowest BCUT2D eigenvalue weighted by Crippen LogP contribution is -2.10. The van der Waals surface area contributed by atoms with Gasteiger partial charge in [-0.2, -0.15) is 0 Å². The van der Waals surface area contributed by atoms with Crippen LogP contribution in [0.15, 0.2) is 60.0 Å². The SMILES string of the molecule is COC(C)CSc1nnc(-c2ccncc2)n1Cc1ccccc1. The normalized spacial score (nSPS) is 12.2. The van der Waals surface area contributed by atoms with Crippen LogP contribution in [0.1, 0.15) is 12.5 Å². The number of hydrogen-bond donors (Lipinski definition) is 0. The Labute approximate surface area is 146 Å². The average Bonchev–Trinajstić information content (AvgIpc) is 3.04. The molecule has 0 bridgehead atoms. The summed E-state index contributed by atoms with van der Waals surface area (Å²) in [5.41, 5.74) is 2.23. The highest BCUT2D eigenvalue weighted by Crippen LogP contribution is 2.25. The predicted octanol–water partition coefficient (Wildman–Crippen LogP) is 3.52. The van der Waals surface area contributed by atoms with Crippen LogP contribution >= 0.6 is 11.8 Å². The van der Waals surface area contributed by atoms with Gasteiger partial charge in [0.1, 0.15) is 0 Å². The van der Waals surface area contributed by atoms with Crippen molar-refractivity contribution >= 4 is 11.8 Å². The Hall–Kier alpha value is -2.18. The minimum Gasteiger partial charge on any atom is -0.381 e. The molecule has 3 aromatic rings. The molecule has 24 heavy (non-hydrogen) atoms. The van der Waals surface area contributed by atoms with Crippen molar-refractivity contribution in [3.8, 4) is 11.4 Å². The topological polar surface area (TPSA) is 52.8 Å². The minimum absolute atomic E-state index is 0.168. The van der Waals surface area contributed by atoms with Crippen LogP contribution in [0, 0.1) is 0 Å². The molecule has 2 aromatic heterocycles. The molecule has 0 radical (unpaired) electrons. The van der Waals surface area contributed by atoms with Gasteiger partial charge in [0.15, 0.2) is 11.0 Å². The first kappa shape index (κ1) is 16.7. The molecular formula is C18H20N4OS. The van der Waals surface area contributed by atoms with Crippen LogP contribution in [0.4, 0.5) is 0 Å². The van der Waals surface area contributed by atoms with E-state index >= 15 is 0 Å². The fourth-order valence-corrected chi connectivity index (χ4v) is 3.20. The highest BCUT2D eigenvalue weighted by Gasteiger charge is 2.15. The Kier molecular flexibility index (Phi) is 5.61. The lowest BCUT2D eigenvalue weighted by atomic mass is 10.2. The Morgan fingerprint density at radius 2 is 1.83 bits per heavy atom. The van der Waals surface area contributed by atoms with Gasteiger partial charge in [0.25, 0.3) is 0 Å². The number of benzene rings is 1. The highest BCUT2D eigenvalue weighted by atomic mass is 32.2. The summed E-state index contributed by atoms with van der Waals surface area (Å²) >= 11 is 1.66. The summed E-state index contributed by atoms with van der Waals surface area (Å²) in [4.78, 5) is 4.08. The molecule has 124 valence electrons. The molecule has 1 atom stereocenters. The molecule has 0 aliphatic rings. The van der Waals surface area contributed by atoms with Crippen LogP contribution in [0.25, 0.3) is 11.4 Å². The van der Waals surface area contributed by atoms with Crippen molar-refractivity contribution < 1.29 is 4.74 Å². The lowest BCUT2D eigenvalue weighted by Gasteiger charge is -2.12. The van der Waals surface area contributed by atoms with Gasteiger partial charge in [0.2, 0.25) is 0 Å². The van der Waals surface area contributed by atoms with Gasteiger partial charge in [-0.3, -0.25) is 9.55 Å².